The van der Waals surface area contributed by atoms with Crippen molar-refractivity contribution < 1.29 is 4.74 Å². The predicted octanol–water partition coefficient (Wildman–Crippen LogP) is 3.60. The first-order valence-corrected chi connectivity index (χ1v) is 10.4. The number of ether oxygens (including phenoxy) is 1. The minimum absolute atomic E-state index is 0.747. The molecular weight excluding hydrogens is 388 g/mol. The average molecular weight is 412 g/mol. The first kappa shape index (κ1) is 19.4. The monoisotopic (exact) mass is 412 g/mol. The number of hydrogen-bond acceptors (Lipinski definition) is 6. The molecule has 4 heterocycles. The Kier molecular flexibility index (Phi) is 5.18. The molecule has 0 saturated heterocycles. The van der Waals surface area contributed by atoms with Gasteiger partial charge in [-0.15, -0.1) is 0 Å². The highest BCUT2D eigenvalue weighted by molar-refractivity contribution is 5.53. The molecule has 156 valence electrons. The second-order valence-corrected chi connectivity index (χ2v) is 7.73. The highest BCUT2D eigenvalue weighted by atomic mass is 16.5. The highest BCUT2D eigenvalue weighted by Gasteiger charge is 2.20. The van der Waals surface area contributed by atoms with Gasteiger partial charge in [0.05, 0.1) is 24.7 Å². The van der Waals surface area contributed by atoms with Crippen LogP contribution in [0.3, 0.4) is 0 Å². The van der Waals surface area contributed by atoms with Gasteiger partial charge in [0, 0.05) is 67.0 Å². The molecule has 0 amide bonds. The van der Waals surface area contributed by atoms with Gasteiger partial charge in [0.1, 0.15) is 5.75 Å². The minimum atomic E-state index is 0.747. The van der Waals surface area contributed by atoms with Crippen molar-refractivity contribution in [1.82, 2.24) is 29.6 Å². The van der Waals surface area contributed by atoms with Gasteiger partial charge in [0.25, 0.3) is 0 Å². The van der Waals surface area contributed by atoms with Crippen LogP contribution in [0.2, 0.25) is 0 Å². The fourth-order valence-electron chi connectivity index (χ4n) is 3.97. The SMILES string of the molecule is COc1ccc(-n2ncc(CN3CCc4nc(-c5cccnc5)ncc4C3)c2C)cc1. The third-order valence-electron chi connectivity index (χ3n) is 5.76. The maximum absolute atomic E-state index is 5.25. The van der Waals surface area contributed by atoms with Gasteiger partial charge in [-0.2, -0.15) is 5.10 Å². The third-order valence-corrected chi connectivity index (χ3v) is 5.76. The number of methoxy groups -OCH3 is 1. The number of rotatable bonds is 5. The van der Waals surface area contributed by atoms with Crippen LogP contribution in [0, 0.1) is 6.92 Å². The van der Waals surface area contributed by atoms with E-state index in [9.17, 15) is 0 Å². The van der Waals surface area contributed by atoms with Crippen molar-refractivity contribution in [2.45, 2.75) is 26.4 Å². The summed E-state index contributed by atoms with van der Waals surface area (Å²) < 4.78 is 7.23. The molecule has 0 fully saturated rings. The Morgan fingerprint density at radius 1 is 1.06 bits per heavy atom. The first-order valence-electron chi connectivity index (χ1n) is 10.4. The molecule has 0 spiro atoms. The molecule has 0 atom stereocenters. The molecule has 1 aliphatic heterocycles. The summed E-state index contributed by atoms with van der Waals surface area (Å²) in [5.74, 6) is 1.59. The van der Waals surface area contributed by atoms with Gasteiger partial charge in [-0.05, 0) is 43.3 Å². The molecule has 1 aromatic carbocycles. The third kappa shape index (κ3) is 3.92. The van der Waals surface area contributed by atoms with Gasteiger partial charge in [0.15, 0.2) is 5.82 Å². The zero-order valence-electron chi connectivity index (χ0n) is 17.7. The molecule has 5 rings (SSSR count). The molecule has 7 heteroatoms. The molecule has 0 unspecified atom stereocenters. The van der Waals surface area contributed by atoms with E-state index in [1.165, 1.54) is 11.1 Å². The summed E-state index contributed by atoms with van der Waals surface area (Å²) >= 11 is 0. The summed E-state index contributed by atoms with van der Waals surface area (Å²) in [6.45, 7) is 4.78. The van der Waals surface area contributed by atoms with E-state index in [4.69, 9.17) is 9.72 Å². The fraction of sp³-hybridized carbons (Fsp3) is 0.250. The second-order valence-electron chi connectivity index (χ2n) is 7.73. The van der Waals surface area contributed by atoms with E-state index in [0.29, 0.717) is 0 Å². The van der Waals surface area contributed by atoms with Crippen LogP contribution >= 0.6 is 0 Å². The van der Waals surface area contributed by atoms with Gasteiger partial charge >= 0.3 is 0 Å². The van der Waals surface area contributed by atoms with Crippen molar-refractivity contribution in [2.75, 3.05) is 13.7 Å². The largest absolute Gasteiger partial charge is 0.497 e. The van der Waals surface area contributed by atoms with Gasteiger partial charge in [-0.3, -0.25) is 9.88 Å². The Balaban J connectivity index is 1.31. The number of pyridine rings is 1. The van der Waals surface area contributed by atoms with Crippen LogP contribution in [-0.2, 0) is 19.5 Å². The summed E-state index contributed by atoms with van der Waals surface area (Å²) in [6.07, 6.45) is 8.41. The standard InChI is InChI=1S/C24H24N6O/c1-17-19(14-27-30(17)21-5-7-22(31-2)8-6-21)15-29-11-9-23-20(16-29)13-26-24(28-23)18-4-3-10-25-12-18/h3-8,10,12-14H,9,11,15-16H2,1-2H3. The van der Waals surface area contributed by atoms with Crippen molar-refractivity contribution in [3.63, 3.8) is 0 Å². The van der Waals surface area contributed by atoms with E-state index in [1.807, 2.05) is 53.5 Å². The van der Waals surface area contributed by atoms with E-state index in [1.54, 1.807) is 19.5 Å². The zero-order valence-corrected chi connectivity index (χ0v) is 17.7. The van der Waals surface area contributed by atoms with Crippen LogP contribution in [0.1, 0.15) is 22.5 Å². The summed E-state index contributed by atoms with van der Waals surface area (Å²) in [5.41, 5.74) is 6.69. The summed E-state index contributed by atoms with van der Waals surface area (Å²) in [7, 11) is 1.67. The zero-order chi connectivity index (χ0) is 21.2. The lowest BCUT2D eigenvalue weighted by molar-refractivity contribution is 0.242. The van der Waals surface area contributed by atoms with Gasteiger partial charge in [-0.1, -0.05) is 0 Å². The Hall–Kier alpha value is -3.58. The number of aromatic nitrogens is 5. The lowest BCUT2D eigenvalue weighted by Crippen LogP contribution is -2.31. The van der Waals surface area contributed by atoms with E-state index in [-0.39, 0.29) is 0 Å². The molecule has 4 aromatic rings. The molecule has 0 N–H and O–H groups in total. The van der Waals surface area contributed by atoms with Crippen LogP contribution in [0.5, 0.6) is 5.75 Å². The molecular formula is C24H24N6O. The van der Waals surface area contributed by atoms with Crippen LogP contribution in [0.15, 0.2) is 61.2 Å². The second kappa shape index (κ2) is 8.28. The fourth-order valence-corrected chi connectivity index (χ4v) is 3.97. The van der Waals surface area contributed by atoms with Crippen molar-refractivity contribution in [1.29, 1.82) is 0 Å². The van der Waals surface area contributed by atoms with Crippen molar-refractivity contribution >= 4 is 0 Å². The van der Waals surface area contributed by atoms with Crippen LogP contribution < -0.4 is 4.74 Å². The number of hydrogen-bond donors (Lipinski definition) is 0. The topological polar surface area (TPSA) is 69.0 Å². The van der Waals surface area contributed by atoms with E-state index < -0.39 is 0 Å². The maximum atomic E-state index is 5.25. The molecule has 0 radical (unpaired) electrons. The first-order chi connectivity index (χ1) is 15.2. The number of nitrogens with zero attached hydrogens (tertiary/aromatic N) is 6. The summed E-state index contributed by atoms with van der Waals surface area (Å²) in [4.78, 5) is 16.0. The molecule has 1 aliphatic rings. The van der Waals surface area contributed by atoms with Crippen LogP contribution in [-0.4, -0.2) is 43.3 Å². The predicted molar refractivity (Wildman–Crippen MR) is 118 cm³/mol. The molecule has 3 aromatic heterocycles. The normalized spacial score (nSPS) is 13.7. The van der Waals surface area contributed by atoms with Crippen LogP contribution in [0.4, 0.5) is 0 Å². The van der Waals surface area contributed by atoms with Gasteiger partial charge in [0.2, 0.25) is 0 Å². The smallest absolute Gasteiger partial charge is 0.160 e. The minimum Gasteiger partial charge on any atom is -0.497 e. The van der Waals surface area contributed by atoms with Crippen molar-refractivity contribution in [2.24, 2.45) is 0 Å². The Morgan fingerprint density at radius 2 is 1.94 bits per heavy atom. The Morgan fingerprint density at radius 3 is 2.71 bits per heavy atom. The molecule has 0 aliphatic carbocycles. The lowest BCUT2D eigenvalue weighted by Gasteiger charge is -2.28. The molecule has 0 bridgehead atoms. The Labute approximate surface area is 181 Å². The summed E-state index contributed by atoms with van der Waals surface area (Å²) in [5, 5.41) is 4.62. The van der Waals surface area contributed by atoms with E-state index in [2.05, 4.69) is 26.9 Å². The van der Waals surface area contributed by atoms with Gasteiger partial charge in [-0.25, -0.2) is 14.6 Å². The van der Waals surface area contributed by atoms with Crippen molar-refractivity contribution in [3.05, 3.63) is 83.7 Å². The molecule has 31 heavy (non-hydrogen) atoms. The molecule has 0 saturated carbocycles. The summed E-state index contributed by atoms with van der Waals surface area (Å²) in [6, 6.07) is 11.9. The number of benzene rings is 1. The van der Waals surface area contributed by atoms with Crippen molar-refractivity contribution in [3.8, 4) is 22.8 Å². The maximum Gasteiger partial charge on any atom is 0.160 e. The molecule has 7 nitrogen and oxygen atoms in total. The Bertz CT molecular complexity index is 1190. The van der Waals surface area contributed by atoms with E-state index in [0.717, 1.165) is 60.3 Å². The van der Waals surface area contributed by atoms with Gasteiger partial charge < -0.3 is 4.74 Å². The highest BCUT2D eigenvalue weighted by Crippen LogP contribution is 2.23. The lowest BCUT2D eigenvalue weighted by atomic mass is 10.1. The van der Waals surface area contributed by atoms with Crippen LogP contribution in [0.25, 0.3) is 17.1 Å². The van der Waals surface area contributed by atoms with E-state index >= 15 is 0 Å². The number of fused-ring (bicyclic) bond motifs is 1. The quantitative estimate of drug-likeness (QED) is 0.499. The average Bonchev–Trinajstić information content (AvgIpc) is 3.19.